The number of piperidine rings is 1. The van der Waals surface area contributed by atoms with Gasteiger partial charge >= 0.3 is 0 Å². The number of phenols is 1. The minimum absolute atomic E-state index is 0.379. The van der Waals surface area contributed by atoms with Gasteiger partial charge in [0.05, 0.1) is 0 Å². The maximum absolute atomic E-state index is 9.57. The van der Waals surface area contributed by atoms with Crippen LogP contribution in [-0.4, -0.2) is 35.2 Å². The van der Waals surface area contributed by atoms with Crippen LogP contribution in [0.25, 0.3) is 0 Å². The molecule has 1 unspecified atom stereocenters. The van der Waals surface area contributed by atoms with Crippen molar-refractivity contribution in [1.82, 2.24) is 10.2 Å². The second kappa shape index (κ2) is 5.93. The van der Waals surface area contributed by atoms with Crippen LogP contribution in [0.2, 0.25) is 0 Å². The Hall–Kier alpha value is -1.06. The number of nitrogens with one attached hydrogen (secondary N) is 1. The maximum atomic E-state index is 9.57. The van der Waals surface area contributed by atoms with Crippen LogP contribution < -0.4 is 5.32 Å². The Labute approximate surface area is 115 Å². The van der Waals surface area contributed by atoms with Gasteiger partial charge in [-0.1, -0.05) is 18.6 Å². The van der Waals surface area contributed by atoms with Gasteiger partial charge < -0.3 is 10.4 Å². The Morgan fingerprint density at radius 3 is 2.79 bits per heavy atom. The molecule has 0 spiro atoms. The lowest BCUT2D eigenvalue weighted by Gasteiger charge is -2.30. The van der Waals surface area contributed by atoms with Crippen molar-refractivity contribution < 1.29 is 5.11 Å². The van der Waals surface area contributed by atoms with E-state index >= 15 is 0 Å². The van der Waals surface area contributed by atoms with E-state index in [1.807, 2.05) is 12.1 Å². The number of rotatable bonds is 5. The van der Waals surface area contributed by atoms with E-state index in [4.69, 9.17) is 0 Å². The van der Waals surface area contributed by atoms with Crippen LogP contribution in [0.1, 0.15) is 37.7 Å². The molecule has 2 aliphatic rings. The van der Waals surface area contributed by atoms with Crippen LogP contribution in [0.5, 0.6) is 5.75 Å². The zero-order chi connectivity index (χ0) is 13.1. The molecule has 3 rings (SSSR count). The number of hydrogen-bond donors (Lipinski definition) is 2. The monoisotopic (exact) mass is 260 g/mol. The van der Waals surface area contributed by atoms with Crippen molar-refractivity contribution >= 4 is 0 Å². The summed E-state index contributed by atoms with van der Waals surface area (Å²) < 4.78 is 0. The molecule has 1 atom stereocenters. The van der Waals surface area contributed by atoms with Gasteiger partial charge in [-0.15, -0.1) is 0 Å². The normalized spacial score (nSPS) is 23.7. The molecule has 1 heterocycles. The molecule has 104 valence electrons. The molecule has 1 saturated heterocycles. The molecular weight excluding hydrogens is 236 g/mol. The fourth-order valence-electron chi connectivity index (χ4n) is 3.03. The highest BCUT2D eigenvalue weighted by Crippen LogP contribution is 2.29. The SMILES string of the molecule is Oc1cccc(CN(CC2CCCCN2)C2CC2)c1. The molecule has 0 radical (unpaired) electrons. The van der Waals surface area contributed by atoms with Crippen molar-refractivity contribution in [1.29, 1.82) is 0 Å². The summed E-state index contributed by atoms with van der Waals surface area (Å²) in [7, 11) is 0. The third-order valence-corrected chi connectivity index (χ3v) is 4.23. The van der Waals surface area contributed by atoms with E-state index in [0.29, 0.717) is 11.8 Å². The Balaban J connectivity index is 1.60. The van der Waals surface area contributed by atoms with E-state index < -0.39 is 0 Å². The Kier molecular flexibility index (Phi) is 4.04. The average Bonchev–Trinajstić information content (AvgIpc) is 3.23. The molecule has 1 aromatic carbocycles. The minimum atomic E-state index is 0.379. The van der Waals surface area contributed by atoms with Gasteiger partial charge in [-0.25, -0.2) is 0 Å². The van der Waals surface area contributed by atoms with Crippen LogP contribution in [0.15, 0.2) is 24.3 Å². The van der Waals surface area contributed by atoms with E-state index in [0.717, 1.165) is 19.1 Å². The largest absolute Gasteiger partial charge is 0.508 e. The Morgan fingerprint density at radius 1 is 1.21 bits per heavy atom. The Morgan fingerprint density at radius 2 is 2.11 bits per heavy atom. The molecule has 2 N–H and O–H groups in total. The van der Waals surface area contributed by atoms with E-state index in [9.17, 15) is 5.11 Å². The van der Waals surface area contributed by atoms with Crippen molar-refractivity contribution in [3.8, 4) is 5.75 Å². The smallest absolute Gasteiger partial charge is 0.115 e. The van der Waals surface area contributed by atoms with Crippen LogP contribution in [0.3, 0.4) is 0 Å². The molecule has 0 bridgehead atoms. The van der Waals surface area contributed by atoms with Gasteiger partial charge in [0.15, 0.2) is 0 Å². The van der Waals surface area contributed by atoms with Crippen molar-refractivity contribution in [2.75, 3.05) is 13.1 Å². The predicted molar refractivity (Wildman–Crippen MR) is 77.2 cm³/mol. The fraction of sp³-hybridized carbons (Fsp3) is 0.625. The van der Waals surface area contributed by atoms with Crippen molar-refractivity contribution in [3.63, 3.8) is 0 Å². The van der Waals surface area contributed by atoms with E-state index in [2.05, 4.69) is 16.3 Å². The summed E-state index contributed by atoms with van der Waals surface area (Å²) in [5.41, 5.74) is 1.22. The van der Waals surface area contributed by atoms with Crippen molar-refractivity contribution in [2.45, 2.75) is 50.7 Å². The standard InChI is InChI=1S/C16H24N2O/c19-16-6-3-4-13(10-16)11-18(15-7-8-15)12-14-5-1-2-9-17-14/h3-4,6,10,14-15,17,19H,1-2,5,7-9,11-12H2. The quantitative estimate of drug-likeness (QED) is 0.854. The van der Waals surface area contributed by atoms with E-state index in [1.165, 1.54) is 44.2 Å². The van der Waals surface area contributed by atoms with Crippen LogP contribution in [-0.2, 0) is 6.54 Å². The molecule has 3 heteroatoms. The number of aromatic hydroxyl groups is 1. The highest BCUT2D eigenvalue weighted by molar-refractivity contribution is 5.27. The lowest BCUT2D eigenvalue weighted by Crippen LogP contribution is -2.44. The van der Waals surface area contributed by atoms with E-state index in [1.54, 1.807) is 6.07 Å². The van der Waals surface area contributed by atoms with Crippen LogP contribution in [0, 0.1) is 0 Å². The number of hydrogen-bond acceptors (Lipinski definition) is 3. The Bertz CT molecular complexity index is 411. The van der Waals surface area contributed by atoms with Gasteiger partial charge in [0.25, 0.3) is 0 Å². The molecule has 19 heavy (non-hydrogen) atoms. The third kappa shape index (κ3) is 3.71. The molecule has 1 aliphatic heterocycles. The van der Waals surface area contributed by atoms with Gasteiger partial charge in [-0.2, -0.15) is 0 Å². The first-order chi connectivity index (χ1) is 9.31. The highest BCUT2D eigenvalue weighted by atomic mass is 16.3. The minimum Gasteiger partial charge on any atom is -0.508 e. The van der Waals surface area contributed by atoms with Gasteiger partial charge in [-0.3, -0.25) is 4.90 Å². The first-order valence-corrected chi connectivity index (χ1v) is 7.56. The molecule has 3 nitrogen and oxygen atoms in total. The van der Waals surface area contributed by atoms with Gasteiger partial charge in [-0.05, 0) is 49.9 Å². The molecule has 0 amide bonds. The van der Waals surface area contributed by atoms with Gasteiger partial charge in [0, 0.05) is 25.2 Å². The number of phenolic OH excluding ortho intramolecular Hbond substituents is 1. The predicted octanol–water partition coefficient (Wildman–Crippen LogP) is 2.50. The summed E-state index contributed by atoms with van der Waals surface area (Å²) in [6.07, 6.45) is 6.68. The lowest BCUT2D eigenvalue weighted by atomic mass is 10.0. The lowest BCUT2D eigenvalue weighted by molar-refractivity contribution is 0.208. The molecule has 0 aromatic heterocycles. The summed E-state index contributed by atoms with van der Waals surface area (Å²) in [6, 6.07) is 9.12. The van der Waals surface area contributed by atoms with Crippen molar-refractivity contribution in [3.05, 3.63) is 29.8 Å². The zero-order valence-electron chi connectivity index (χ0n) is 11.5. The first kappa shape index (κ1) is 12.9. The summed E-state index contributed by atoms with van der Waals surface area (Å²) in [6.45, 7) is 3.30. The summed E-state index contributed by atoms with van der Waals surface area (Å²) in [4.78, 5) is 2.60. The van der Waals surface area contributed by atoms with E-state index in [-0.39, 0.29) is 0 Å². The average molecular weight is 260 g/mol. The molecule has 1 saturated carbocycles. The second-order valence-electron chi connectivity index (χ2n) is 5.98. The van der Waals surface area contributed by atoms with Gasteiger partial charge in [0.2, 0.25) is 0 Å². The topological polar surface area (TPSA) is 35.5 Å². The molecule has 2 fully saturated rings. The summed E-state index contributed by atoms with van der Waals surface area (Å²) >= 11 is 0. The first-order valence-electron chi connectivity index (χ1n) is 7.56. The highest BCUT2D eigenvalue weighted by Gasteiger charge is 2.30. The molecule has 1 aliphatic carbocycles. The fourth-order valence-corrected chi connectivity index (χ4v) is 3.03. The second-order valence-corrected chi connectivity index (χ2v) is 5.98. The summed E-state index contributed by atoms with van der Waals surface area (Å²) in [5.74, 6) is 0.379. The van der Waals surface area contributed by atoms with Crippen LogP contribution >= 0.6 is 0 Å². The molecule has 1 aromatic rings. The summed E-state index contributed by atoms with van der Waals surface area (Å²) in [5, 5.41) is 13.2. The van der Waals surface area contributed by atoms with Crippen molar-refractivity contribution in [2.24, 2.45) is 0 Å². The number of benzene rings is 1. The number of nitrogens with zero attached hydrogens (tertiary/aromatic N) is 1. The third-order valence-electron chi connectivity index (χ3n) is 4.23. The maximum Gasteiger partial charge on any atom is 0.115 e. The molecular formula is C16H24N2O. The van der Waals surface area contributed by atoms with Gasteiger partial charge in [0.1, 0.15) is 5.75 Å². The van der Waals surface area contributed by atoms with Crippen LogP contribution in [0.4, 0.5) is 0 Å². The zero-order valence-corrected chi connectivity index (χ0v) is 11.5.